The van der Waals surface area contributed by atoms with Gasteiger partial charge in [0.25, 0.3) is 0 Å². The van der Waals surface area contributed by atoms with Gasteiger partial charge >= 0.3 is 0 Å². The molecule has 2 aromatic rings. The first-order chi connectivity index (χ1) is 10.2. The molecule has 1 aromatic carbocycles. The average Bonchev–Trinajstić information content (AvgIpc) is 2.92. The number of hydrogen-bond donors (Lipinski definition) is 1. The van der Waals surface area contributed by atoms with Crippen molar-refractivity contribution in [1.29, 1.82) is 0 Å². The first kappa shape index (κ1) is 15.0. The molecular formula is C17H19ClFNS. The van der Waals surface area contributed by atoms with Crippen LogP contribution in [0, 0.1) is 5.82 Å². The molecule has 0 spiro atoms. The Morgan fingerprint density at radius 3 is 2.90 bits per heavy atom. The second kappa shape index (κ2) is 6.47. The Balaban J connectivity index is 1.85. The van der Waals surface area contributed by atoms with E-state index in [9.17, 15) is 4.39 Å². The van der Waals surface area contributed by atoms with Crippen molar-refractivity contribution in [1.82, 2.24) is 5.32 Å². The summed E-state index contributed by atoms with van der Waals surface area (Å²) in [5.74, 6) is -0.291. The molecule has 4 heteroatoms. The highest BCUT2D eigenvalue weighted by Crippen LogP contribution is 2.34. The molecule has 1 unspecified atom stereocenters. The Labute approximate surface area is 134 Å². The fraction of sp³-hybridized carbons (Fsp3) is 0.412. The van der Waals surface area contributed by atoms with Gasteiger partial charge in [0.15, 0.2) is 0 Å². The van der Waals surface area contributed by atoms with Crippen molar-refractivity contribution in [2.24, 2.45) is 0 Å². The van der Waals surface area contributed by atoms with Crippen molar-refractivity contribution in [3.05, 3.63) is 56.0 Å². The van der Waals surface area contributed by atoms with Crippen LogP contribution in [0.5, 0.6) is 0 Å². The van der Waals surface area contributed by atoms with E-state index in [0.717, 1.165) is 0 Å². The molecule has 0 saturated heterocycles. The number of aryl methyl sites for hydroxylation is 2. The largest absolute Gasteiger partial charge is 0.312 e. The maximum atomic E-state index is 14.1. The van der Waals surface area contributed by atoms with Crippen molar-refractivity contribution in [2.45, 2.75) is 38.1 Å². The van der Waals surface area contributed by atoms with Gasteiger partial charge in [-0.1, -0.05) is 23.7 Å². The Kier molecular flexibility index (Phi) is 4.63. The van der Waals surface area contributed by atoms with Gasteiger partial charge in [0.05, 0.1) is 5.02 Å². The number of likely N-dealkylation sites (N-methyl/N-ethyl adjacent to an activating group) is 1. The summed E-state index contributed by atoms with van der Waals surface area (Å²) in [5, 5.41) is 3.53. The molecule has 1 nitrogen and oxygen atoms in total. The lowest BCUT2D eigenvalue weighted by atomic mass is 9.98. The molecule has 0 bridgehead atoms. The zero-order valence-corrected chi connectivity index (χ0v) is 13.7. The van der Waals surface area contributed by atoms with Crippen LogP contribution in [0.3, 0.4) is 0 Å². The third kappa shape index (κ3) is 3.15. The van der Waals surface area contributed by atoms with Crippen LogP contribution in [0.4, 0.5) is 4.39 Å². The monoisotopic (exact) mass is 323 g/mol. The number of halogens is 2. The summed E-state index contributed by atoms with van der Waals surface area (Å²) in [4.78, 5) is 2.83. The summed E-state index contributed by atoms with van der Waals surface area (Å²) in [6.07, 6.45) is 5.59. The minimum absolute atomic E-state index is 0.147. The minimum Gasteiger partial charge on any atom is -0.312 e. The van der Waals surface area contributed by atoms with E-state index in [1.54, 1.807) is 6.07 Å². The number of nitrogens with one attached hydrogen (secondary N) is 1. The molecule has 0 aliphatic heterocycles. The summed E-state index contributed by atoms with van der Waals surface area (Å²) in [6, 6.07) is 7.68. The van der Waals surface area contributed by atoms with E-state index in [2.05, 4.69) is 11.4 Å². The third-order valence-corrected chi connectivity index (χ3v) is 5.81. The van der Waals surface area contributed by atoms with Gasteiger partial charge in [0.2, 0.25) is 0 Å². The van der Waals surface area contributed by atoms with Gasteiger partial charge in [-0.05, 0) is 62.4 Å². The zero-order valence-electron chi connectivity index (χ0n) is 12.1. The number of fused-ring (bicyclic) bond motifs is 1. The van der Waals surface area contributed by atoms with Crippen LogP contribution >= 0.6 is 22.9 Å². The standard InChI is InChI=1S/C17H19ClFNS/c1-20-14(9-12-6-4-7-13(18)17(12)19)16-10-11-5-2-3-8-15(11)21-16/h4,6-7,10,14,20H,2-3,5,8-9H2,1H3. The summed E-state index contributed by atoms with van der Waals surface area (Å²) < 4.78 is 14.1. The summed E-state index contributed by atoms with van der Waals surface area (Å²) in [5.41, 5.74) is 2.17. The zero-order chi connectivity index (χ0) is 14.8. The van der Waals surface area contributed by atoms with E-state index in [1.807, 2.05) is 30.5 Å². The molecule has 0 fully saturated rings. The van der Waals surface area contributed by atoms with Crippen LogP contribution in [-0.2, 0) is 19.3 Å². The van der Waals surface area contributed by atoms with Crippen LogP contribution in [0.2, 0.25) is 5.02 Å². The molecule has 21 heavy (non-hydrogen) atoms. The molecule has 0 saturated carbocycles. The van der Waals surface area contributed by atoms with Gasteiger partial charge < -0.3 is 5.32 Å². The molecule has 0 radical (unpaired) electrons. The second-order valence-corrected chi connectivity index (χ2v) is 7.14. The fourth-order valence-corrected chi connectivity index (χ4v) is 4.52. The Hall–Kier alpha value is -0.900. The van der Waals surface area contributed by atoms with E-state index in [1.165, 1.54) is 41.0 Å². The summed E-state index contributed by atoms with van der Waals surface area (Å²) >= 11 is 7.76. The Morgan fingerprint density at radius 1 is 1.33 bits per heavy atom. The lowest BCUT2D eigenvalue weighted by Gasteiger charge is -2.15. The van der Waals surface area contributed by atoms with E-state index in [-0.39, 0.29) is 16.9 Å². The van der Waals surface area contributed by atoms with Crippen molar-refractivity contribution in [2.75, 3.05) is 7.05 Å². The lowest BCUT2D eigenvalue weighted by molar-refractivity contribution is 0.560. The van der Waals surface area contributed by atoms with Crippen molar-refractivity contribution in [3.8, 4) is 0 Å². The topological polar surface area (TPSA) is 12.0 Å². The predicted octanol–water partition coefficient (Wildman–Crippen LogP) is 4.92. The van der Waals surface area contributed by atoms with Gasteiger partial charge in [-0.15, -0.1) is 11.3 Å². The molecule has 1 aromatic heterocycles. The smallest absolute Gasteiger partial charge is 0.145 e. The van der Waals surface area contributed by atoms with Crippen molar-refractivity contribution >= 4 is 22.9 Å². The number of rotatable bonds is 4. The fourth-order valence-electron chi connectivity index (χ4n) is 2.96. The molecule has 1 aliphatic rings. The molecule has 3 rings (SSSR count). The number of hydrogen-bond acceptors (Lipinski definition) is 2. The molecule has 0 amide bonds. The van der Waals surface area contributed by atoms with Gasteiger partial charge in [-0.2, -0.15) is 0 Å². The SMILES string of the molecule is CNC(Cc1cccc(Cl)c1F)c1cc2c(s1)CCCC2. The maximum Gasteiger partial charge on any atom is 0.145 e. The van der Waals surface area contributed by atoms with Crippen LogP contribution < -0.4 is 5.32 Å². The minimum atomic E-state index is -0.291. The summed E-state index contributed by atoms with van der Waals surface area (Å²) in [6.45, 7) is 0. The second-order valence-electron chi connectivity index (χ2n) is 5.56. The van der Waals surface area contributed by atoms with Gasteiger partial charge in [-0.25, -0.2) is 4.39 Å². The van der Waals surface area contributed by atoms with Crippen molar-refractivity contribution < 1.29 is 4.39 Å². The van der Waals surface area contributed by atoms with Crippen LogP contribution in [0.25, 0.3) is 0 Å². The van der Waals surface area contributed by atoms with Crippen LogP contribution in [0.1, 0.15) is 39.8 Å². The number of thiophene rings is 1. The van der Waals surface area contributed by atoms with E-state index in [4.69, 9.17) is 11.6 Å². The van der Waals surface area contributed by atoms with Gasteiger partial charge in [0.1, 0.15) is 5.82 Å². The van der Waals surface area contributed by atoms with Crippen LogP contribution in [0.15, 0.2) is 24.3 Å². The third-order valence-electron chi connectivity index (χ3n) is 4.16. The highest BCUT2D eigenvalue weighted by molar-refractivity contribution is 7.12. The maximum absolute atomic E-state index is 14.1. The number of benzene rings is 1. The van der Waals surface area contributed by atoms with E-state index in [0.29, 0.717) is 12.0 Å². The molecule has 1 aliphatic carbocycles. The van der Waals surface area contributed by atoms with Crippen molar-refractivity contribution in [3.63, 3.8) is 0 Å². The van der Waals surface area contributed by atoms with E-state index >= 15 is 0 Å². The first-order valence-electron chi connectivity index (χ1n) is 7.40. The van der Waals surface area contributed by atoms with Crippen LogP contribution in [-0.4, -0.2) is 7.05 Å². The van der Waals surface area contributed by atoms with E-state index < -0.39 is 0 Å². The van der Waals surface area contributed by atoms with Gasteiger partial charge in [0, 0.05) is 15.8 Å². The Bertz CT molecular complexity index is 614. The highest BCUT2D eigenvalue weighted by Gasteiger charge is 2.20. The summed E-state index contributed by atoms with van der Waals surface area (Å²) in [7, 11) is 1.94. The Morgan fingerprint density at radius 2 is 2.14 bits per heavy atom. The molecule has 1 N–H and O–H groups in total. The highest BCUT2D eigenvalue weighted by atomic mass is 35.5. The molecule has 1 atom stereocenters. The van der Waals surface area contributed by atoms with Gasteiger partial charge in [-0.3, -0.25) is 0 Å². The average molecular weight is 324 g/mol. The first-order valence-corrected chi connectivity index (χ1v) is 8.60. The molecule has 1 heterocycles. The lowest BCUT2D eigenvalue weighted by Crippen LogP contribution is -2.18. The normalized spacial score (nSPS) is 15.8. The quantitative estimate of drug-likeness (QED) is 0.842. The molecule has 112 valence electrons. The predicted molar refractivity (Wildman–Crippen MR) is 87.9 cm³/mol. The molecular weight excluding hydrogens is 305 g/mol.